The van der Waals surface area contributed by atoms with Gasteiger partial charge in [-0.3, -0.25) is 4.98 Å². The molecule has 0 aliphatic carbocycles. The van der Waals surface area contributed by atoms with E-state index in [9.17, 15) is 0 Å². The highest BCUT2D eigenvalue weighted by atomic mass is 15.3. The second-order valence-corrected chi connectivity index (χ2v) is 7.62. The zero-order chi connectivity index (χ0) is 21.0. The van der Waals surface area contributed by atoms with Gasteiger partial charge >= 0.3 is 0 Å². The van der Waals surface area contributed by atoms with Gasteiger partial charge in [-0.2, -0.15) is 0 Å². The third kappa shape index (κ3) is 3.84. The average molecular weight is 409 g/mol. The number of hydrogen-bond donors (Lipinski definition) is 0. The van der Waals surface area contributed by atoms with Gasteiger partial charge in [-0.05, 0) is 41.8 Å². The van der Waals surface area contributed by atoms with Gasteiger partial charge in [-0.15, -0.1) is 0 Å². The van der Waals surface area contributed by atoms with Crippen LogP contribution in [0, 0.1) is 6.92 Å². The first-order valence-electron chi connectivity index (χ1n) is 10.5. The molecule has 0 saturated carbocycles. The minimum atomic E-state index is 0.795. The molecule has 1 aliphatic heterocycles. The van der Waals surface area contributed by atoms with Gasteiger partial charge in [0.25, 0.3) is 0 Å². The third-order valence-corrected chi connectivity index (χ3v) is 5.76. The van der Waals surface area contributed by atoms with Gasteiger partial charge in [0, 0.05) is 68.3 Å². The van der Waals surface area contributed by atoms with E-state index >= 15 is 0 Å². The van der Waals surface area contributed by atoms with Gasteiger partial charge in [0.2, 0.25) is 5.95 Å². The van der Waals surface area contributed by atoms with Crippen molar-refractivity contribution in [1.82, 2.24) is 19.9 Å². The molecule has 0 unspecified atom stereocenters. The zero-order valence-corrected chi connectivity index (χ0v) is 17.5. The minimum absolute atomic E-state index is 0.795. The van der Waals surface area contributed by atoms with Crippen LogP contribution in [-0.4, -0.2) is 46.1 Å². The molecule has 0 spiro atoms. The molecule has 0 atom stereocenters. The van der Waals surface area contributed by atoms with E-state index in [1.807, 2.05) is 30.7 Å². The van der Waals surface area contributed by atoms with Crippen LogP contribution in [0.3, 0.4) is 0 Å². The number of pyridine rings is 2. The van der Waals surface area contributed by atoms with Crippen molar-refractivity contribution in [1.29, 1.82) is 0 Å². The predicted molar refractivity (Wildman–Crippen MR) is 124 cm³/mol. The summed E-state index contributed by atoms with van der Waals surface area (Å²) < 4.78 is 0. The maximum Gasteiger partial charge on any atom is 0.225 e. The van der Waals surface area contributed by atoms with E-state index in [0.717, 1.165) is 49.1 Å². The number of piperazine rings is 1. The Labute approximate surface area is 182 Å². The summed E-state index contributed by atoms with van der Waals surface area (Å²) in [5, 5.41) is 0. The molecule has 1 aliphatic rings. The topological polar surface area (TPSA) is 58.0 Å². The summed E-state index contributed by atoms with van der Waals surface area (Å²) in [6, 6.07) is 16.5. The molecule has 0 bridgehead atoms. The zero-order valence-electron chi connectivity index (χ0n) is 17.5. The van der Waals surface area contributed by atoms with Crippen LogP contribution in [0.25, 0.3) is 22.3 Å². The normalized spacial score (nSPS) is 14.0. The Morgan fingerprint density at radius 1 is 0.677 bits per heavy atom. The molecule has 0 N–H and O–H groups in total. The van der Waals surface area contributed by atoms with Crippen LogP contribution in [0.4, 0.5) is 11.8 Å². The summed E-state index contributed by atoms with van der Waals surface area (Å²) in [5.41, 5.74) is 5.88. The Morgan fingerprint density at radius 2 is 1.35 bits per heavy atom. The van der Waals surface area contributed by atoms with E-state index in [1.165, 1.54) is 16.7 Å². The number of aromatic nitrogens is 4. The van der Waals surface area contributed by atoms with Gasteiger partial charge in [0.15, 0.2) is 0 Å². The molecule has 1 fully saturated rings. The second kappa shape index (κ2) is 8.52. The van der Waals surface area contributed by atoms with E-state index < -0.39 is 0 Å². The summed E-state index contributed by atoms with van der Waals surface area (Å²) in [4.78, 5) is 22.5. The third-order valence-electron chi connectivity index (χ3n) is 5.76. The maximum absolute atomic E-state index is 4.92. The van der Waals surface area contributed by atoms with Crippen molar-refractivity contribution in [3.8, 4) is 22.3 Å². The average Bonchev–Trinajstić information content (AvgIpc) is 2.85. The van der Waals surface area contributed by atoms with Crippen molar-refractivity contribution >= 4 is 11.8 Å². The van der Waals surface area contributed by atoms with Crippen molar-refractivity contribution in [2.24, 2.45) is 0 Å². The number of nitrogens with zero attached hydrogens (tertiary/aromatic N) is 6. The molecule has 3 aromatic heterocycles. The molecule has 5 rings (SSSR count). The Hall–Kier alpha value is -3.80. The summed E-state index contributed by atoms with van der Waals surface area (Å²) in [5.74, 6) is 1.84. The van der Waals surface area contributed by atoms with Crippen molar-refractivity contribution in [3.63, 3.8) is 0 Å². The molecule has 1 aromatic carbocycles. The predicted octanol–water partition coefficient (Wildman–Crippen LogP) is 4.24. The van der Waals surface area contributed by atoms with Crippen LogP contribution in [0.5, 0.6) is 0 Å². The van der Waals surface area contributed by atoms with Gasteiger partial charge in [0.05, 0.1) is 0 Å². The first kappa shape index (κ1) is 19.2. The maximum atomic E-state index is 4.92. The van der Waals surface area contributed by atoms with Crippen LogP contribution in [0.15, 0.2) is 79.5 Å². The lowest BCUT2D eigenvalue weighted by molar-refractivity contribution is 0.633. The first-order valence-corrected chi connectivity index (χ1v) is 10.5. The van der Waals surface area contributed by atoms with Gasteiger partial charge in [-0.25, -0.2) is 15.0 Å². The fourth-order valence-corrected chi connectivity index (χ4v) is 4.22. The lowest BCUT2D eigenvalue weighted by Gasteiger charge is -2.36. The number of hydrogen-bond acceptors (Lipinski definition) is 6. The van der Waals surface area contributed by atoms with E-state index in [-0.39, 0.29) is 0 Å². The first-order chi connectivity index (χ1) is 15.3. The lowest BCUT2D eigenvalue weighted by Crippen LogP contribution is -2.47. The van der Waals surface area contributed by atoms with Gasteiger partial charge < -0.3 is 9.80 Å². The molecule has 4 aromatic rings. The molecular formula is C25H24N6. The molecule has 31 heavy (non-hydrogen) atoms. The van der Waals surface area contributed by atoms with E-state index in [0.29, 0.717) is 0 Å². The molecule has 6 heteroatoms. The van der Waals surface area contributed by atoms with Crippen LogP contribution in [0.1, 0.15) is 5.56 Å². The molecule has 4 heterocycles. The minimum Gasteiger partial charge on any atom is -0.353 e. The summed E-state index contributed by atoms with van der Waals surface area (Å²) in [6.45, 7) is 5.68. The lowest BCUT2D eigenvalue weighted by atomic mass is 9.93. The Balaban J connectivity index is 1.50. The number of anilines is 2. The smallest absolute Gasteiger partial charge is 0.225 e. The summed E-state index contributed by atoms with van der Waals surface area (Å²) >= 11 is 0. The Bertz CT molecular complexity index is 1140. The summed E-state index contributed by atoms with van der Waals surface area (Å²) in [7, 11) is 0. The molecule has 0 amide bonds. The molecule has 1 saturated heterocycles. The highest BCUT2D eigenvalue weighted by Crippen LogP contribution is 2.37. The van der Waals surface area contributed by atoms with Gasteiger partial charge in [0.1, 0.15) is 5.82 Å². The summed E-state index contributed by atoms with van der Waals surface area (Å²) in [6.07, 6.45) is 9.30. The quantitative estimate of drug-likeness (QED) is 0.504. The van der Waals surface area contributed by atoms with E-state index in [4.69, 9.17) is 4.98 Å². The van der Waals surface area contributed by atoms with Crippen LogP contribution in [0.2, 0.25) is 0 Å². The monoisotopic (exact) mass is 408 g/mol. The van der Waals surface area contributed by atoms with Crippen molar-refractivity contribution in [3.05, 3.63) is 85.1 Å². The van der Waals surface area contributed by atoms with Crippen LogP contribution >= 0.6 is 0 Å². The van der Waals surface area contributed by atoms with E-state index in [2.05, 4.69) is 68.1 Å². The largest absolute Gasteiger partial charge is 0.353 e. The standard InChI is InChI=1S/C25H24N6/c1-19-23(21-8-12-26-13-9-21)22(20-6-3-2-4-7-20)18-29-24(19)30-14-16-31(17-15-30)25-27-10-5-11-28-25/h2-13,18H,14-17H2,1H3. The number of rotatable bonds is 4. The molecule has 0 radical (unpaired) electrons. The second-order valence-electron chi connectivity index (χ2n) is 7.62. The van der Waals surface area contributed by atoms with Crippen molar-refractivity contribution < 1.29 is 0 Å². The highest BCUT2D eigenvalue weighted by Gasteiger charge is 2.23. The molecule has 6 nitrogen and oxygen atoms in total. The van der Waals surface area contributed by atoms with Crippen LogP contribution in [-0.2, 0) is 0 Å². The molecule has 154 valence electrons. The highest BCUT2D eigenvalue weighted by molar-refractivity contribution is 5.87. The van der Waals surface area contributed by atoms with Crippen molar-refractivity contribution in [2.75, 3.05) is 36.0 Å². The van der Waals surface area contributed by atoms with Crippen LogP contribution < -0.4 is 9.80 Å². The number of benzene rings is 1. The van der Waals surface area contributed by atoms with Gasteiger partial charge in [-0.1, -0.05) is 30.3 Å². The van der Waals surface area contributed by atoms with E-state index in [1.54, 1.807) is 12.4 Å². The fourth-order valence-electron chi connectivity index (χ4n) is 4.22. The Kier molecular flexibility index (Phi) is 5.27. The Morgan fingerprint density at radius 3 is 2.06 bits per heavy atom. The fraction of sp³-hybridized carbons (Fsp3) is 0.200. The molecular weight excluding hydrogens is 384 g/mol. The van der Waals surface area contributed by atoms with Crippen molar-refractivity contribution in [2.45, 2.75) is 6.92 Å². The SMILES string of the molecule is Cc1c(N2CCN(c3ncccn3)CC2)ncc(-c2ccccc2)c1-c1ccncc1.